The number of hydrogen-bond acceptors (Lipinski definition) is 3. The topological polar surface area (TPSA) is 24.5 Å². The zero-order chi connectivity index (χ0) is 11.4. The van der Waals surface area contributed by atoms with Crippen LogP contribution >= 0.6 is 0 Å². The molecule has 2 saturated heterocycles. The van der Waals surface area contributed by atoms with Crippen molar-refractivity contribution in [3.63, 3.8) is 0 Å². The molecule has 0 amide bonds. The first-order valence-electron chi connectivity index (χ1n) is 6.90. The number of morpholine rings is 1. The van der Waals surface area contributed by atoms with Gasteiger partial charge in [0.2, 0.25) is 0 Å². The molecule has 94 valence electrons. The Morgan fingerprint density at radius 1 is 1.31 bits per heavy atom. The van der Waals surface area contributed by atoms with Crippen LogP contribution in [-0.2, 0) is 4.74 Å². The number of rotatable bonds is 3. The third kappa shape index (κ3) is 2.41. The van der Waals surface area contributed by atoms with Crippen LogP contribution in [0.1, 0.15) is 39.5 Å². The Balaban J connectivity index is 1.98. The van der Waals surface area contributed by atoms with Gasteiger partial charge in [-0.15, -0.1) is 0 Å². The zero-order valence-electron chi connectivity index (χ0n) is 10.8. The average molecular weight is 226 g/mol. The van der Waals surface area contributed by atoms with Gasteiger partial charge in [-0.1, -0.05) is 20.3 Å². The minimum absolute atomic E-state index is 0.153. The minimum atomic E-state index is 0.153. The van der Waals surface area contributed by atoms with Crippen LogP contribution in [0.3, 0.4) is 0 Å². The first kappa shape index (κ1) is 12.3. The molecule has 2 rings (SSSR count). The van der Waals surface area contributed by atoms with Crippen LogP contribution in [0.2, 0.25) is 0 Å². The Kier molecular flexibility index (Phi) is 4.22. The highest BCUT2D eigenvalue weighted by Crippen LogP contribution is 2.33. The lowest BCUT2D eigenvalue weighted by atomic mass is 9.81. The fraction of sp³-hybridized carbons (Fsp3) is 1.00. The van der Waals surface area contributed by atoms with Gasteiger partial charge in [0.25, 0.3) is 0 Å². The van der Waals surface area contributed by atoms with Gasteiger partial charge in [0, 0.05) is 25.7 Å². The SMILES string of the molecule is CCCC1NCCOC12CCN(CC)CC2. The molecule has 1 unspecified atom stereocenters. The second-order valence-electron chi connectivity index (χ2n) is 5.14. The average Bonchev–Trinajstić information content (AvgIpc) is 2.34. The van der Waals surface area contributed by atoms with E-state index in [0.717, 1.165) is 13.2 Å². The van der Waals surface area contributed by atoms with Crippen LogP contribution in [-0.4, -0.2) is 49.3 Å². The Morgan fingerprint density at radius 3 is 2.69 bits per heavy atom. The van der Waals surface area contributed by atoms with Crippen molar-refractivity contribution in [2.24, 2.45) is 0 Å². The molecular formula is C13H26N2O. The predicted octanol–water partition coefficient (Wildman–Crippen LogP) is 1.63. The summed E-state index contributed by atoms with van der Waals surface area (Å²) in [4.78, 5) is 2.53. The summed E-state index contributed by atoms with van der Waals surface area (Å²) in [5, 5.41) is 3.67. The summed E-state index contributed by atoms with van der Waals surface area (Å²) < 4.78 is 6.18. The molecule has 0 bridgehead atoms. The van der Waals surface area contributed by atoms with Gasteiger partial charge in [0.15, 0.2) is 0 Å². The summed E-state index contributed by atoms with van der Waals surface area (Å²) in [6, 6.07) is 0.588. The minimum Gasteiger partial charge on any atom is -0.372 e. The van der Waals surface area contributed by atoms with Gasteiger partial charge < -0.3 is 15.0 Å². The third-order valence-corrected chi connectivity index (χ3v) is 4.24. The van der Waals surface area contributed by atoms with E-state index in [0.29, 0.717) is 6.04 Å². The van der Waals surface area contributed by atoms with Crippen LogP contribution in [0.15, 0.2) is 0 Å². The summed E-state index contributed by atoms with van der Waals surface area (Å²) >= 11 is 0. The summed E-state index contributed by atoms with van der Waals surface area (Å²) in [6.07, 6.45) is 4.92. The van der Waals surface area contributed by atoms with E-state index in [9.17, 15) is 0 Å². The molecule has 2 fully saturated rings. The van der Waals surface area contributed by atoms with Crippen LogP contribution in [0.25, 0.3) is 0 Å². The first-order chi connectivity index (χ1) is 7.80. The monoisotopic (exact) mass is 226 g/mol. The molecule has 2 aliphatic rings. The molecule has 2 aliphatic heterocycles. The van der Waals surface area contributed by atoms with Crippen molar-refractivity contribution in [3.8, 4) is 0 Å². The highest BCUT2D eigenvalue weighted by atomic mass is 16.5. The van der Waals surface area contributed by atoms with Gasteiger partial charge in [-0.25, -0.2) is 0 Å². The van der Waals surface area contributed by atoms with Crippen molar-refractivity contribution in [1.29, 1.82) is 0 Å². The molecular weight excluding hydrogens is 200 g/mol. The Labute approximate surface area is 99.5 Å². The summed E-state index contributed by atoms with van der Waals surface area (Å²) in [5.74, 6) is 0. The van der Waals surface area contributed by atoms with Crippen LogP contribution in [0.5, 0.6) is 0 Å². The van der Waals surface area contributed by atoms with E-state index in [1.54, 1.807) is 0 Å². The number of hydrogen-bond donors (Lipinski definition) is 1. The van der Waals surface area contributed by atoms with E-state index in [-0.39, 0.29) is 5.60 Å². The Bertz CT molecular complexity index is 210. The molecule has 0 aromatic carbocycles. The first-order valence-corrected chi connectivity index (χ1v) is 6.90. The smallest absolute Gasteiger partial charge is 0.0859 e. The van der Waals surface area contributed by atoms with E-state index in [1.807, 2.05) is 0 Å². The Morgan fingerprint density at radius 2 is 2.06 bits per heavy atom. The van der Waals surface area contributed by atoms with Gasteiger partial charge in [-0.05, 0) is 25.8 Å². The van der Waals surface area contributed by atoms with Crippen molar-refractivity contribution >= 4 is 0 Å². The van der Waals surface area contributed by atoms with Gasteiger partial charge >= 0.3 is 0 Å². The molecule has 3 heteroatoms. The van der Waals surface area contributed by atoms with Gasteiger partial charge in [-0.2, -0.15) is 0 Å². The molecule has 1 spiro atoms. The number of nitrogens with one attached hydrogen (secondary N) is 1. The van der Waals surface area contributed by atoms with Crippen LogP contribution in [0, 0.1) is 0 Å². The molecule has 1 N–H and O–H groups in total. The van der Waals surface area contributed by atoms with Crippen LogP contribution < -0.4 is 5.32 Å². The summed E-state index contributed by atoms with van der Waals surface area (Å²) in [6.45, 7) is 10.0. The van der Waals surface area contributed by atoms with Crippen molar-refractivity contribution in [1.82, 2.24) is 10.2 Å². The molecule has 0 aliphatic carbocycles. The summed E-state index contributed by atoms with van der Waals surface area (Å²) in [5.41, 5.74) is 0.153. The summed E-state index contributed by atoms with van der Waals surface area (Å²) in [7, 11) is 0. The molecule has 16 heavy (non-hydrogen) atoms. The second-order valence-corrected chi connectivity index (χ2v) is 5.14. The van der Waals surface area contributed by atoms with E-state index in [2.05, 4.69) is 24.1 Å². The predicted molar refractivity (Wildman–Crippen MR) is 66.7 cm³/mol. The molecule has 2 heterocycles. The van der Waals surface area contributed by atoms with Gasteiger partial charge in [0.05, 0.1) is 12.2 Å². The van der Waals surface area contributed by atoms with Crippen molar-refractivity contribution < 1.29 is 4.74 Å². The van der Waals surface area contributed by atoms with E-state index in [1.165, 1.54) is 45.3 Å². The molecule has 3 nitrogen and oxygen atoms in total. The number of likely N-dealkylation sites (tertiary alicyclic amines) is 1. The largest absolute Gasteiger partial charge is 0.372 e. The molecule has 0 radical (unpaired) electrons. The van der Waals surface area contributed by atoms with E-state index >= 15 is 0 Å². The lowest BCUT2D eigenvalue weighted by Crippen LogP contribution is -2.61. The normalized spacial score (nSPS) is 30.8. The Hall–Kier alpha value is -0.120. The zero-order valence-corrected chi connectivity index (χ0v) is 10.8. The molecule has 0 saturated carbocycles. The highest BCUT2D eigenvalue weighted by molar-refractivity contribution is 4.99. The molecule has 1 atom stereocenters. The molecule has 0 aromatic rings. The fourth-order valence-electron chi connectivity index (χ4n) is 3.17. The van der Waals surface area contributed by atoms with E-state index in [4.69, 9.17) is 4.74 Å². The maximum absolute atomic E-state index is 6.18. The van der Waals surface area contributed by atoms with Crippen molar-refractivity contribution in [2.75, 3.05) is 32.8 Å². The van der Waals surface area contributed by atoms with Gasteiger partial charge in [-0.3, -0.25) is 0 Å². The lowest BCUT2D eigenvalue weighted by molar-refractivity contribution is -0.128. The maximum Gasteiger partial charge on any atom is 0.0859 e. The van der Waals surface area contributed by atoms with Crippen molar-refractivity contribution in [2.45, 2.75) is 51.2 Å². The fourth-order valence-corrected chi connectivity index (χ4v) is 3.17. The lowest BCUT2D eigenvalue weighted by Gasteiger charge is -2.49. The van der Waals surface area contributed by atoms with Crippen molar-refractivity contribution in [3.05, 3.63) is 0 Å². The number of nitrogens with zero attached hydrogens (tertiary/aromatic N) is 1. The maximum atomic E-state index is 6.18. The number of ether oxygens (including phenoxy) is 1. The van der Waals surface area contributed by atoms with E-state index < -0.39 is 0 Å². The standard InChI is InChI=1S/C13H26N2O/c1-3-5-12-13(16-11-8-14-12)6-9-15(4-2)10-7-13/h12,14H,3-11H2,1-2H3. The third-order valence-electron chi connectivity index (χ3n) is 4.24. The number of piperidine rings is 1. The highest BCUT2D eigenvalue weighted by Gasteiger charge is 2.43. The van der Waals surface area contributed by atoms with Crippen LogP contribution in [0.4, 0.5) is 0 Å². The quantitative estimate of drug-likeness (QED) is 0.791. The molecule has 0 aromatic heterocycles. The second kappa shape index (κ2) is 5.48. The van der Waals surface area contributed by atoms with Gasteiger partial charge in [0.1, 0.15) is 0 Å².